The minimum Gasteiger partial charge on any atom is -0.314 e. The van der Waals surface area contributed by atoms with E-state index >= 15 is 0 Å². The van der Waals surface area contributed by atoms with Crippen LogP contribution < -0.4 is 5.32 Å². The van der Waals surface area contributed by atoms with Gasteiger partial charge in [0.2, 0.25) is 5.82 Å². The first kappa shape index (κ1) is 16.1. The van der Waals surface area contributed by atoms with E-state index in [1.165, 1.54) is 4.90 Å². The number of alkyl halides is 1. The fourth-order valence-corrected chi connectivity index (χ4v) is 2.52. The molecular formula is C13H14F6N2. The predicted molar refractivity (Wildman–Crippen MR) is 64.0 cm³/mol. The minimum atomic E-state index is -2.20. The molecule has 1 N–H and O–H groups in total. The van der Waals surface area contributed by atoms with Crippen molar-refractivity contribution in [2.45, 2.75) is 12.5 Å². The van der Waals surface area contributed by atoms with Crippen LogP contribution in [0, 0.1) is 29.1 Å². The van der Waals surface area contributed by atoms with Crippen LogP contribution >= 0.6 is 0 Å². The number of hydrogen-bond acceptors (Lipinski definition) is 2. The van der Waals surface area contributed by atoms with Gasteiger partial charge in [-0.3, -0.25) is 9.29 Å². The van der Waals surface area contributed by atoms with Crippen molar-refractivity contribution in [1.82, 2.24) is 10.2 Å². The molecule has 1 fully saturated rings. The Labute approximate surface area is 117 Å². The van der Waals surface area contributed by atoms with Crippen LogP contribution in [0.3, 0.4) is 0 Å². The molecule has 0 bridgehead atoms. The summed E-state index contributed by atoms with van der Waals surface area (Å²) in [5.41, 5.74) is -0.953. The molecule has 21 heavy (non-hydrogen) atoms. The zero-order valence-electron chi connectivity index (χ0n) is 11.0. The van der Waals surface area contributed by atoms with Gasteiger partial charge in [0.25, 0.3) is 0 Å². The average molecular weight is 312 g/mol. The van der Waals surface area contributed by atoms with E-state index in [0.29, 0.717) is 26.2 Å². The minimum absolute atomic E-state index is 0.335. The Morgan fingerprint density at radius 1 is 0.857 bits per heavy atom. The highest BCUT2D eigenvalue weighted by Crippen LogP contribution is 2.33. The third kappa shape index (κ3) is 3.01. The van der Waals surface area contributed by atoms with Crippen molar-refractivity contribution in [1.29, 1.82) is 0 Å². The molecule has 0 spiro atoms. The van der Waals surface area contributed by atoms with Crippen LogP contribution in [-0.2, 0) is 0 Å². The van der Waals surface area contributed by atoms with Crippen molar-refractivity contribution >= 4 is 0 Å². The lowest BCUT2D eigenvalue weighted by Crippen LogP contribution is -2.45. The van der Waals surface area contributed by atoms with Gasteiger partial charge in [-0.25, -0.2) is 22.0 Å². The van der Waals surface area contributed by atoms with Gasteiger partial charge in [0.05, 0.1) is 6.67 Å². The van der Waals surface area contributed by atoms with Crippen molar-refractivity contribution in [3.63, 3.8) is 0 Å². The Morgan fingerprint density at radius 2 is 1.33 bits per heavy atom. The predicted octanol–water partition coefficient (Wildman–Crippen LogP) is 2.69. The zero-order valence-corrected chi connectivity index (χ0v) is 11.0. The molecule has 2 nitrogen and oxygen atoms in total. The third-order valence-corrected chi connectivity index (χ3v) is 3.55. The van der Waals surface area contributed by atoms with Crippen LogP contribution in [0.1, 0.15) is 18.0 Å². The van der Waals surface area contributed by atoms with Crippen molar-refractivity contribution in [2.75, 3.05) is 32.9 Å². The maximum absolute atomic E-state index is 13.8. The molecule has 8 heteroatoms. The Morgan fingerprint density at radius 3 is 1.81 bits per heavy atom. The fourth-order valence-electron chi connectivity index (χ4n) is 2.52. The Kier molecular flexibility index (Phi) is 5.10. The molecule has 118 valence electrons. The maximum Gasteiger partial charge on any atom is 0.200 e. The second-order valence-corrected chi connectivity index (χ2v) is 4.76. The van der Waals surface area contributed by atoms with Gasteiger partial charge in [0, 0.05) is 37.8 Å². The quantitative estimate of drug-likeness (QED) is 0.522. The van der Waals surface area contributed by atoms with Crippen molar-refractivity contribution in [3.05, 3.63) is 34.6 Å². The number of piperazine rings is 1. The number of hydrogen-bond donors (Lipinski definition) is 1. The summed E-state index contributed by atoms with van der Waals surface area (Å²) in [5, 5.41) is 2.99. The van der Waals surface area contributed by atoms with E-state index in [9.17, 15) is 26.3 Å². The lowest BCUT2D eigenvalue weighted by atomic mass is 9.99. The third-order valence-electron chi connectivity index (χ3n) is 3.55. The van der Waals surface area contributed by atoms with Gasteiger partial charge in [-0.2, -0.15) is 0 Å². The van der Waals surface area contributed by atoms with E-state index in [-0.39, 0.29) is 6.42 Å². The maximum atomic E-state index is 13.8. The van der Waals surface area contributed by atoms with Crippen LogP contribution in [0.2, 0.25) is 0 Å². The van der Waals surface area contributed by atoms with Crippen LogP contribution in [0.4, 0.5) is 26.3 Å². The summed E-state index contributed by atoms with van der Waals surface area (Å²) in [4.78, 5) is 1.52. The first-order valence-electron chi connectivity index (χ1n) is 6.51. The lowest BCUT2D eigenvalue weighted by Gasteiger charge is -2.35. The molecule has 2 rings (SSSR count). The normalized spacial score (nSPS) is 18.0. The topological polar surface area (TPSA) is 15.3 Å². The first-order chi connectivity index (χ1) is 9.99. The molecule has 0 unspecified atom stereocenters. The van der Waals surface area contributed by atoms with Gasteiger partial charge in [0.1, 0.15) is 0 Å². The summed E-state index contributed by atoms with van der Waals surface area (Å²) < 4.78 is 80.0. The van der Waals surface area contributed by atoms with E-state index < -0.39 is 47.4 Å². The molecule has 1 heterocycles. The fraction of sp³-hybridized carbons (Fsp3) is 0.538. The van der Waals surface area contributed by atoms with Gasteiger partial charge in [-0.15, -0.1) is 0 Å². The Hall–Kier alpha value is -1.28. The summed E-state index contributed by atoms with van der Waals surface area (Å²) in [6, 6.07) is -1.18. The van der Waals surface area contributed by atoms with Crippen molar-refractivity contribution in [3.8, 4) is 0 Å². The van der Waals surface area contributed by atoms with Crippen LogP contribution in [0.15, 0.2) is 0 Å². The smallest absolute Gasteiger partial charge is 0.200 e. The second-order valence-electron chi connectivity index (χ2n) is 4.76. The van der Waals surface area contributed by atoms with E-state index in [1.807, 2.05) is 0 Å². The van der Waals surface area contributed by atoms with Gasteiger partial charge in [0.15, 0.2) is 23.3 Å². The standard InChI is InChI=1S/C13H14F6N2/c14-2-1-7(21-5-3-20-4-6-21)8-9(15)11(17)13(19)12(18)10(8)16/h7,20H,1-6H2/t7-/m1/s1. The number of rotatable bonds is 4. The summed E-state index contributed by atoms with van der Waals surface area (Å²) in [7, 11) is 0. The molecule has 1 aliphatic heterocycles. The van der Waals surface area contributed by atoms with Gasteiger partial charge in [-0.05, 0) is 6.42 Å². The lowest BCUT2D eigenvalue weighted by molar-refractivity contribution is 0.148. The molecular weight excluding hydrogens is 298 g/mol. The molecule has 0 aliphatic carbocycles. The molecule has 0 radical (unpaired) electrons. The molecule has 0 saturated carbocycles. The average Bonchev–Trinajstić information content (AvgIpc) is 2.51. The summed E-state index contributed by atoms with van der Waals surface area (Å²) in [6.07, 6.45) is -0.335. The Bertz CT molecular complexity index is 487. The van der Waals surface area contributed by atoms with Gasteiger partial charge >= 0.3 is 0 Å². The van der Waals surface area contributed by atoms with Crippen LogP contribution in [0.5, 0.6) is 0 Å². The molecule has 0 aromatic heterocycles. The van der Waals surface area contributed by atoms with E-state index in [1.54, 1.807) is 0 Å². The van der Waals surface area contributed by atoms with E-state index in [0.717, 1.165) is 0 Å². The number of nitrogens with zero attached hydrogens (tertiary/aromatic N) is 1. The molecule has 1 aromatic rings. The highest BCUT2D eigenvalue weighted by Gasteiger charge is 2.33. The Balaban J connectivity index is 2.49. The van der Waals surface area contributed by atoms with Crippen LogP contribution in [-0.4, -0.2) is 37.8 Å². The van der Waals surface area contributed by atoms with E-state index in [2.05, 4.69) is 5.32 Å². The number of nitrogens with one attached hydrogen (secondary N) is 1. The monoisotopic (exact) mass is 312 g/mol. The van der Waals surface area contributed by atoms with Crippen molar-refractivity contribution < 1.29 is 26.3 Å². The highest BCUT2D eigenvalue weighted by molar-refractivity contribution is 5.27. The van der Waals surface area contributed by atoms with Gasteiger partial charge in [-0.1, -0.05) is 0 Å². The number of halogens is 6. The second kappa shape index (κ2) is 6.65. The number of benzene rings is 1. The van der Waals surface area contributed by atoms with Gasteiger partial charge < -0.3 is 5.32 Å². The summed E-state index contributed by atoms with van der Waals surface area (Å²) in [6.45, 7) is 0.749. The zero-order chi connectivity index (χ0) is 15.6. The van der Waals surface area contributed by atoms with Crippen molar-refractivity contribution in [2.24, 2.45) is 0 Å². The van der Waals surface area contributed by atoms with E-state index in [4.69, 9.17) is 0 Å². The molecule has 1 aliphatic rings. The molecule has 0 amide bonds. The largest absolute Gasteiger partial charge is 0.314 e. The molecule has 1 saturated heterocycles. The molecule has 1 atom stereocenters. The first-order valence-corrected chi connectivity index (χ1v) is 6.51. The van der Waals surface area contributed by atoms with Crippen LogP contribution in [0.25, 0.3) is 0 Å². The summed E-state index contributed by atoms with van der Waals surface area (Å²) in [5.74, 6) is -9.97. The molecule has 1 aromatic carbocycles. The summed E-state index contributed by atoms with van der Waals surface area (Å²) >= 11 is 0. The highest BCUT2D eigenvalue weighted by atomic mass is 19.2. The SMILES string of the molecule is FCC[C@H](c1c(F)c(F)c(F)c(F)c1F)N1CCNCC1.